The van der Waals surface area contributed by atoms with Gasteiger partial charge in [0.1, 0.15) is 0 Å². The highest BCUT2D eigenvalue weighted by Gasteiger charge is 2.19. The van der Waals surface area contributed by atoms with Crippen molar-refractivity contribution in [3.63, 3.8) is 0 Å². The smallest absolute Gasteiger partial charge is 0.0737 e. The second-order valence-corrected chi connectivity index (χ2v) is 14.8. The van der Waals surface area contributed by atoms with Crippen LogP contribution < -0.4 is 0 Å². The van der Waals surface area contributed by atoms with Crippen LogP contribution in [0, 0.1) is 13.8 Å². The van der Waals surface area contributed by atoms with Crippen molar-refractivity contribution in [3.05, 3.63) is 140 Å². The first kappa shape index (κ1) is 29.0. The average molecular weight is 672 g/mol. The second-order valence-electron chi connectivity index (χ2n) is 12.1. The normalized spacial score (nSPS) is 12.2. The highest BCUT2D eigenvalue weighted by molar-refractivity contribution is 7.24. The molecule has 0 atom stereocenters. The predicted molar refractivity (Wildman–Crippen MR) is 209 cm³/mol. The zero-order valence-electron chi connectivity index (χ0n) is 26.3. The standard InChI is InChI=1S/C42H29N3S3/c1-25-3-7-27(8-4-25)39-31-11-12-32(43-31)40(28-9-5-26(2)6-10-28)34-14-16-36(45-34)42(30-20-22-47-24-30)38-18-17-37(48-38)41(29-19-21-46-23-29)35-15-13-33(39)44-35/h3-24,43H,1-2H3. The molecule has 1 N–H and O–H groups in total. The summed E-state index contributed by atoms with van der Waals surface area (Å²) in [4.78, 5) is 14.6. The maximum Gasteiger partial charge on any atom is 0.0737 e. The van der Waals surface area contributed by atoms with Gasteiger partial charge in [0.15, 0.2) is 0 Å². The van der Waals surface area contributed by atoms with Crippen LogP contribution in [0.3, 0.4) is 0 Å². The Balaban J connectivity index is 1.47. The van der Waals surface area contributed by atoms with E-state index in [1.165, 1.54) is 31.7 Å². The van der Waals surface area contributed by atoms with Gasteiger partial charge in [-0.1, -0.05) is 59.7 Å². The summed E-state index contributed by atoms with van der Waals surface area (Å²) in [6, 6.07) is 30.8. The molecule has 2 aromatic carbocycles. The van der Waals surface area contributed by atoms with E-state index in [1.54, 1.807) is 34.0 Å². The Morgan fingerprint density at radius 3 is 1.25 bits per heavy atom. The van der Waals surface area contributed by atoms with E-state index in [0.29, 0.717) is 0 Å². The Kier molecular flexibility index (Phi) is 7.16. The van der Waals surface area contributed by atoms with Crippen molar-refractivity contribution in [2.75, 3.05) is 0 Å². The number of aromatic nitrogens is 3. The lowest BCUT2D eigenvalue weighted by atomic mass is 10.0. The lowest BCUT2D eigenvalue weighted by Gasteiger charge is -2.06. The van der Waals surface area contributed by atoms with E-state index >= 15 is 0 Å². The van der Waals surface area contributed by atoms with Crippen LogP contribution in [-0.4, -0.2) is 15.0 Å². The fourth-order valence-electron chi connectivity index (χ4n) is 6.54. The molecule has 0 saturated heterocycles. The van der Waals surface area contributed by atoms with Gasteiger partial charge in [-0.15, -0.1) is 11.3 Å². The van der Waals surface area contributed by atoms with Crippen molar-refractivity contribution in [1.29, 1.82) is 0 Å². The zero-order valence-corrected chi connectivity index (χ0v) is 28.8. The predicted octanol–water partition coefficient (Wildman–Crippen LogP) is 12.8. The molecule has 8 bridgehead atoms. The van der Waals surface area contributed by atoms with E-state index in [2.05, 4.69) is 150 Å². The van der Waals surface area contributed by atoms with Crippen molar-refractivity contribution in [1.82, 2.24) is 15.0 Å². The molecular formula is C42H29N3S3. The summed E-state index contributed by atoms with van der Waals surface area (Å²) in [5.74, 6) is 0. The topological polar surface area (TPSA) is 41.6 Å². The summed E-state index contributed by atoms with van der Waals surface area (Å²) >= 11 is 5.23. The first-order chi connectivity index (χ1) is 23.6. The van der Waals surface area contributed by atoms with E-state index in [9.17, 15) is 0 Å². The molecule has 48 heavy (non-hydrogen) atoms. The lowest BCUT2D eigenvalue weighted by Crippen LogP contribution is -1.88. The highest BCUT2D eigenvalue weighted by atomic mass is 32.1. The van der Waals surface area contributed by atoms with Crippen molar-refractivity contribution in [2.24, 2.45) is 0 Å². The monoisotopic (exact) mass is 671 g/mol. The molecular weight excluding hydrogens is 643 g/mol. The number of nitrogens with one attached hydrogen (secondary N) is 1. The Morgan fingerprint density at radius 2 is 0.854 bits per heavy atom. The van der Waals surface area contributed by atoms with E-state index in [1.807, 2.05) is 0 Å². The first-order valence-electron chi connectivity index (χ1n) is 15.9. The van der Waals surface area contributed by atoms with E-state index in [4.69, 9.17) is 9.97 Å². The van der Waals surface area contributed by atoms with Gasteiger partial charge in [-0.3, -0.25) is 0 Å². The number of thiophene rings is 3. The molecule has 2 aliphatic heterocycles. The molecule has 9 rings (SSSR count). The lowest BCUT2D eigenvalue weighted by molar-refractivity contribution is 1.32. The van der Waals surface area contributed by atoms with Gasteiger partial charge in [-0.05, 0) is 118 Å². The third kappa shape index (κ3) is 5.10. The van der Waals surface area contributed by atoms with E-state index < -0.39 is 0 Å². The maximum atomic E-state index is 5.38. The van der Waals surface area contributed by atoms with Crippen molar-refractivity contribution < 1.29 is 0 Å². The van der Waals surface area contributed by atoms with Gasteiger partial charge in [0.2, 0.25) is 0 Å². The number of aryl methyl sites for hydroxylation is 2. The number of fused-ring (bicyclic) bond motifs is 8. The Morgan fingerprint density at radius 1 is 0.438 bits per heavy atom. The van der Waals surface area contributed by atoms with Crippen LogP contribution in [0.5, 0.6) is 0 Å². The number of H-pyrrole nitrogens is 1. The summed E-state index contributed by atoms with van der Waals surface area (Å²) in [6.45, 7) is 4.25. The molecule has 3 nitrogen and oxygen atoms in total. The van der Waals surface area contributed by atoms with Crippen LogP contribution in [0.25, 0.3) is 89.2 Å². The minimum atomic E-state index is 0.940. The molecule has 2 aliphatic rings. The summed E-state index contributed by atoms with van der Waals surface area (Å²) in [6.07, 6.45) is 8.69. The molecule has 7 aromatic rings. The number of benzene rings is 2. The molecule has 0 saturated carbocycles. The minimum absolute atomic E-state index is 0.940. The van der Waals surface area contributed by atoms with Gasteiger partial charge in [-0.25, -0.2) is 9.97 Å². The summed E-state index contributed by atoms with van der Waals surface area (Å²) < 4.78 is 2.37. The third-order valence-electron chi connectivity index (χ3n) is 8.93. The van der Waals surface area contributed by atoms with Crippen LogP contribution >= 0.6 is 34.0 Å². The van der Waals surface area contributed by atoms with Gasteiger partial charge in [-0.2, -0.15) is 22.7 Å². The van der Waals surface area contributed by atoms with Crippen molar-refractivity contribution in [3.8, 4) is 44.5 Å². The number of hydrogen-bond acceptors (Lipinski definition) is 5. The summed E-state index contributed by atoms with van der Waals surface area (Å²) in [5, 5.41) is 8.73. The van der Waals surface area contributed by atoms with Crippen LogP contribution in [0.4, 0.5) is 0 Å². The molecule has 6 heteroatoms. The molecule has 0 amide bonds. The molecule has 0 unspecified atom stereocenters. The van der Waals surface area contributed by atoms with E-state index in [0.717, 1.165) is 67.2 Å². The van der Waals surface area contributed by atoms with Crippen LogP contribution in [0.1, 0.15) is 33.9 Å². The molecule has 0 radical (unpaired) electrons. The second kappa shape index (κ2) is 11.8. The highest BCUT2D eigenvalue weighted by Crippen LogP contribution is 2.41. The van der Waals surface area contributed by atoms with Gasteiger partial charge in [0, 0.05) is 42.7 Å². The van der Waals surface area contributed by atoms with E-state index in [-0.39, 0.29) is 0 Å². The van der Waals surface area contributed by atoms with Crippen LogP contribution in [0.15, 0.2) is 106 Å². The Hall–Kier alpha value is -5.14. The van der Waals surface area contributed by atoms with Gasteiger partial charge in [0.05, 0.1) is 22.8 Å². The van der Waals surface area contributed by atoms with Crippen molar-refractivity contribution in [2.45, 2.75) is 13.8 Å². The number of hydrogen-bond donors (Lipinski definition) is 1. The summed E-state index contributed by atoms with van der Waals surface area (Å²) in [5.41, 5.74) is 17.4. The van der Waals surface area contributed by atoms with Gasteiger partial charge in [0.25, 0.3) is 0 Å². The molecule has 0 aliphatic carbocycles. The fourth-order valence-corrected chi connectivity index (χ4v) is 9.00. The summed E-state index contributed by atoms with van der Waals surface area (Å²) in [7, 11) is 0. The Labute approximate surface area is 290 Å². The average Bonchev–Trinajstić information content (AvgIpc) is 3.94. The maximum absolute atomic E-state index is 5.38. The zero-order chi connectivity index (χ0) is 32.2. The number of rotatable bonds is 4. The number of nitrogens with zero attached hydrogens (tertiary/aromatic N) is 2. The molecule has 0 spiro atoms. The minimum Gasteiger partial charge on any atom is -0.354 e. The first-order valence-corrected chi connectivity index (χ1v) is 18.6. The van der Waals surface area contributed by atoms with Crippen LogP contribution in [-0.2, 0) is 0 Å². The van der Waals surface area contributed by atoms with Gasteiger partial charge >= 0.3 is 0 Å². The SMILES string of the molecule is Cc1ccc(-c2c3nc(c(-c4ccsc4)c4ccc(s4)c(-c4ccsc4)c4nc(c(-c5ccc(C)cc5)c5ccc2[nH]5)C=C4)C=C3)cc1. The van der Waals surface area contributed by atoms with Crippen molar-refractivity contribution >= 4 is 78.7 Å². The third-order valence-corrected chi connectivity index (χ3v) is 11.4. The largest absolute Gasteiger partial charge is 0.354 e. The van der Waals surface area contributed by atoms with Crippen LogP contribution in [0.2, 0.25) is 0 Å². The fraction of sp³-hybridized carbons (Fsp3) is 0.0476. The number of aromatic amines is 1. The molecule has 7 heterocycles. The quantitative estimate of drug-likeness (QED) is 0.202. The molecule has 5 aromatic heterocycles. The molecule has 0 fully saturated rings. The Bertz CT molecular complexity index is 2370. The van der Waals surface area contributed by atoms with Gasteiger partial charge < -0.3 is 4.98 Å². The molecule has 230 valence electrons.